The fourth-order valence-corrected chi connectivity index (χ4v) is 2.54. The van der Waals surface area contributed by atoms with Crippen LogP contribution in [0.25, 0.3) is 0 Å². The molecule has 6 nitrogen and oxygen atoms in total. The van der Waals surface area contributed by atoms with Crippen molar-refractivity contribution in [1.29, 1.82) is 0 Å². The Labute approximate surface area is 163 Å². The molecule has 6 heteroatoms. The number of para-hydroxylation sites is 1. The van der Waals surface area contributed by atoms with Crippen LogP contribution < -0.4 is 10.7 Å². The van der Waals surface area contributed by atoms with Crippen molar-refractivity contribution in [3.63, 3.8) is 0 Å². The smallest absolute Gasteiger partial charge is 0.274 e. The number of nitrogens with zero attached hydrogens (tertiary/aromatic N) is 2. The van der Waals surface area contributed by atoms with Crippen molar-refractivity contribution in [2.75, 3.05) is 5.32 Å². The summed E-state index contributed by atoms with van der Waals surface area (Å²) >= 11 is 0. The van der Waals surface area contributed by atoms with E-state index >= 15 is 0 Å². The lowest BCUT2D eigenvalue weighted by molar-refractivity contribution is 0.0956. The first-order valence-corrected chi connectivity index (χ1v) is 8.76. The van der Waals surface area contributed by atoms with Crippen molar-refractivity contribution < 1.29 is 9.59 Å². The van der Waals surface area contributed by atoms with Crippen molar-refractivity contribution in [2.45, 2.75) is 13.8 Å². The number of aromatic nitrogens is 1. The highest BCUT2D eigenvalue weighted by molar-refractivity contribution is 6.08. The van der Waals surface area contributed by atoms with Crippen LogP contribution in [0.4, 0.5) is 5.69 Å². The molecule has 28 heavy (non-hydrogen) atoms. The third-order valence-corrected chi connectivity index (χ3v) is 4.23. The number of pyridine rings is 1. The molecule has 1 heterocycles. The number of hydrazone groups is 1. The summed E-state index contributed by atoms with van der Waals surface area (Å²) in [5, 5.41) is 6.73. The van der Waals surface area contributed by atoms with E-state index in [1.54, 1.807) is 48.7 Å². The Morgan fingerprint density at radius 3 is 2.46 bits per heavy atom. The number of amides is 2. The molecule has 0 saturated heterocycles. The Balaban J connectivity index is 1.71. The molecule has 2 amide bonds. The second kappa shape index (κ2) is 8.73. The number of carbonyl (C=O) groups excluding carboxylic acids is 2. The highest BCUT2D eigenvalue weighted by Gasteiger charge is 2.14. The Bertz CT molecular complexity index is 1030. The standard InChI is InChI=1S/C22H20N4O2/c1-15-10-11-17(13-16(15)2)14-24-26-21(27)18-7-3-4-8-19(18)25-22(28)20-9-5-6-12-23-20/h3-14H,1-2H3,(H,25,28)(H,26,27). The van der Waals surface area contributed by atoms with Gasteiger partial charge in [0.15, 0.2) is 0 Å². The van der Waals surface area contributed by atoms with E-state index in [-0.39, 0.29) is 11.6 Å². The fourth-order valence-electron chi connectivity index (χ4n) is 2.54. The van der Waals surface area contributed by atoms with Crippen LogP contribution in [0.15, 0.2) is 72.0 Å². The molecule has 2 N–H and O–H groups in total. The minimum absolute atomic E-state index is 0.269. The van der Waals surface area contributed by atoms with Crippen LogP contribution >= 0.6 is 0 Å². The highest BCUT2D eigenvalue weighted by Crippen LogP contribution is 2.16. The monoisotopic (exact) mass is 372 g/mol. The van der Waals surface area contributed by atoms with Gasteiger partial charge >= 0.3 is 0 Å². The zero-order valence-corrected chi connectivity index (χ0v) is 15.6. The molecule has 0 aliphatic rings. The second-order valence-corrected chi connectivity index (χ2v) is 6.26. The number of hydrogen-bond acceptors (Lipinski definition) is 4. The van der Waals surface area contributed by atoms with Gasteiger partial charge in [-0.1, -0.05) is 36.4 Å². The number of benzene rings is 2. The first-order valence-electron chi connectivity index (χ1n) is 8.76. The predicted octanol–water partition coefficient (Wildman–Crippen LogP) is 3.71. The minimum atomic E-state index is -0.419. The van der Waals surface area contributed by atoms with Gasteiger partial charge < -0.3 is 5.32 Å². The van der Waals surface area contributed by atoms with Gasteiger partial charge in [-0.25, -0.2) is 5.43 Å². The van der Waals surface area contributed by atoms with Gasteiger partial charge in [-0.3, -0.25) is 14.6 Å². The van der Waals surface area contributed by atoms with Crippen LogP contribution in [0.1, 0.15) is 37.5 Å². The molecule has 0 spiro atoms. The summed E-state index contributed by atoms with van der Waals surface area (Å²) in [5.74, 6) is -0.809. The number of hydrogen-bond donors (Lipinski definition) is 2. The molecule has 0 aliphatic heterocycles. The van der Waals surface area contributed by atoms with Crippen LogP contribution in [0.5, 0.6) is 0 Å². The summed E-state index contributed by atoms with van der Waals surface area (Å²) in [4.78, 5) is 28.8. The molecule has 0 radical (unpaired) electrons. The fraction of sp³-hybridized carbons (Fsp3) is 0.0909. The zero-order valence-electron chi connectivity index (χ0n) is 15.6. The minimum Gasteiger partial charge on any atom is -0.320 e. The van der Waals surface area contributed by atoms with Gasteiger partial charge in [0, 0.05) is 6.20 Å². The molecule has 0 bridgehead atoms. The van der Waals surface area contributed by atoms with E-state index in [0.29, 0.717) is 11.3 Å². The third-order valence-electron chi connectivity index (χ3n) is 4.23. The summed E-state index contributed by atoms with van der Waals surface area (Å²) < 4.78 is 0. The Morgan fingerprint density at radius 2 is 1.71 bits per heavy atom. The average molecular weight is 372 g/mol. The zero-order chi connectivity index (χ0) is 19.9. The molecule has 140 valence electrons. The molecule has 0 fully saturated rings. The normalized spacial score (nSPS) is 10.6. The largest absolute Gasteiger partial charge is 0.320 e. The second-order valence-electron chi connectivity index (χ2n) is 6.26. The topological polar surface area (TPSA) is 83.5 Å². The van der Waals surface area contributed by atoms with Crippen LogP contribution in [-0.4, -0.2) is 23.0 Å². The molecule has 1 aromatic heterocycles. The van der Waals surface area contributed by atoms with Gasteiger partial charge in [-0.15, -0.1) is 0 Å². The van der Waals surface area contributed by atoms with Gasteiger partial charge in [0.25, 0.3) is 11.8 Å². The van der Waals surface area contributed by atoms with Gasteiger partial charge in [0.1, 0.15) is 5.69 Å². The van der Waals surface area contributed by atoms with Crippen molar-refractivity contribution in [2.24, 2.45) is 5.10 Å². The quantitative estimate of drug-likeness (QED) is 0.529. The number of anilines is 1. The van der Waals surface area contributed by atoms with Gasteiger partial charge in [0.05, 0.1) is 17.5 Å². The molecule has 0 atom stereocenters. The SMILES string of the molecule is Cc1ccc(C=NNC(=O)c2ccccc2NC(=O)c2ccccn2)cc1C. The molecular weight excluding hydrogens is 352 g/mol. The Morgan fingerprint density at radius 1 is 0.929 bits per heavy atom. The van der Waals surface area contributed by atoms with Crippen molar-refractivity contribution in [3.05, 3.63) is 94.8 Å². The van der Waals surface area contributed by atoms with Gasteiger partial charge in [-0.2, -0.15) is 5.10 Å². The summed E-state index contributed by atoms with van der Waals surface area (Å²) in [6.07, 6.45) is 3.12. The lowest BCUT2D eigenvalue weighted by Gasteiger charge is -2.09. The molecular formula is C22H20N4O2. The number of rotatable bonds is 5. The van der Waals surface area contributed by atoms with Crippen LogP contribution in [0, 0.1) is 13.8 Å². The summed E-state index contributed by atoms with van der Waals surface area (Å²) in [6, 6.07) is 17.7. The third kappa shape index (κ3) is 4.67. The number of carbonyl (C=O) groups is 2. The summed E-state index contributed by atoms with van der Waals surface area (Å²) in [6.45, 7) is 4.06. The van der Waals surface area contributed by atoms with E-state index in [2.05, 4.69) is 20.8 Å². The highest BCUT2D eigenvalue weighted by atomic mass is 16.2. The van der Waals surface area contributed by atoms with Crippen molar-refractivity contribution in [3.8, 4) is 0 Å². The predicted molar refractivity (Wildman–Crippen MR) is 110 cm³/mol. The van der Waals surface area contributed by atoms with E-state index in [1.807, 2.05) is 32.0 Å². The maximum absolute atomic E-state index is 12.5. The lowest BCUT2D eigenvalue weighted by atomic mass is 10.1. The number of aryl methyl sites for hydroxylation is 2. The van der Waals surface area contributed by atoms with Gasteiger partial charge in [-0.05, 0) is 54.8 Å². The molecule has 0 unspecified atom stereocenters. The van der Waals surface area contributed by atoms with E-state index in [4.69, 9.17) is 0 Å². The summed E-state index contributed by atoms with van der Waals surface area (Å²) in [7, 11) is 0. The maximum Gasteiger partial charge on any atom is 0.274 e. The lowest BCUT2D eigenvalue weighted by Crippen LogP contribution is -2.21. The van der Waals surface area contributed by atoms with E-state index < -0.39 is 5.91 Å². The molecule has 0 saturated carbocycles. The molecule has 2 aromatic carbocycles. The maximum atomic E-state index is 12.5. The van der Waals surface area contributed by atoms with Crippen LogP contribution in [0.3, 0.4) is 0 Å². The number of nitrogens with one attached hydrogen (secondary N) is 2. The molecule has 0 aliphatic carbocycles. The average Bonchev–Trinajstić information content (AvgIpc) is 2.71. The van der Waals surface area contributed by atoms with Crippen LogP contribution in [0.2, 0.25) is 0 Å². The first-order chi connectivity index (χ1) is 13.5. The molecule has 3 rings (SSSR count). The summed E-state index contributed by atoms with van der Waals surface area (Å²) in [5.41, 5.74) is 6.70. The van der Waals surface area contributed by atoms with E-state index in [0.717, 1.165) is 11.1 Å². The Kier molecular flexibility index (Phi) is 5.91. The van der Waals surface area contributed by atoms with Crippen molar-refractivity contribution in [1.82, 2.24) is 10.4 Å². The van der Waals surface area contributed by atoms with Crippen LogP contribution in [-0.2, 0) is 0 Å². The first kappa shape index (κ1) is 19.0. The van der Waals surface area contributed by atoms with Crippen molar-refractivity contribution >= 4 is 23.7 Å². The van der Waals surface area contributed by atoms with E-state index in [1.165, 1.54) is 11.8 Å². The van der Waals surface area contributed by atoms with Gasteiger partial charge in [0.2, 0.25) is 0 Å². The van der Waals surface area contributed by atoms with E-state index in [9.17, 15) is 9.59 Å². The molecule has 3 aromatic rings. The Hall–Kier alpha value is -3.80.